The van der Waals surface area contributed by atoms with Crippen LogP contribution in [0.1, 0.15) is 113 Å². The third kappa shape index (κ3) is 10.9. The Morgan fingerprint density at radius 3 is 2.19 bits per heavy atom. The number of esters is 1. The molecule has 20 heteroatoms. The summed E-state index contributed by atoms with van der Waals surface area (Å²) in [6.45, 7) is 12.8. The summed E-state index contributed by atoms with van der Waals surface area (Å²) in [7, 11) is 0. The number of amides is 6. The van der Waals surface area contributed by atoms with E-state index in [2.05, 4.69) is 40.6 Å². The molecular formula is C39H66N8O12. The Bertz CT molecular complexity index is 1560. The van der Waals surface area contributed by atoms with Crippen molar-refractivity contribution in [3.8, 4) is 0 Å². The number of ether oxygens (including phenoxy) is 2. The SMILES string of the molecule is CCC1OC(O)(C(C)(O)C(=O)NC2C(=O)N3NCCCC3C(=O)N(O)C(C)C(=O)NCC(=O)N3NCCCC3C(=O)NC(C)C(=O)OC2C(C)C)CCC1CCC(C)C. The van der Waals surface area contributed by atoms with E-state index in [0.717, 1.165) is 29.8 Å². The summed E-state index contributed by atoms with van der Waals surface area (Å²) in [5.41, 5.74) is 3.01. The fraction of sp³-hybridized carbons (Fsp3) is 0.821. The molecule has 4 aliphatic rings. The predicted molar refractivity (Wildman–Crippen MR) is 209 cm³/mol. The zero-order chi connectivity index (χ0) is 44.0. The van der Waals surface area contributed by atoms with Crippen LogP contribution in [0.25, 0.3) is 0 Å². The molecule has 4 heterocycles. The van der Waals surface area contributed by atoms with Gasteiger partial charge in [-0.25, -0.2) is 20.7 Å². The van der Waals surface area contributed by atoms with Crippen LogP contribution in [0.15, 0.2) is 0 Å². The first-order valence-corrected chi connectivity index (χ1v) is 21.0. The molecule has 0 aromatic rings. The number of hydroxylamine groups is 2. The molecule has 10 atom stereocenters. The molecule has 0 radical (unpaired) electrons. The summed E-state index contributed by atoms with van der Waals surface area (Å²) < 4.78 is 12.0. The molecule has 4 saturated heterocycles. The second kappa shape index (κ2) is 20.1. The number of hydrazine groups is 2. The molecule has 0 aromatic heterocycles. The third-order valence-corrected chi connectivity index (χ3v) is 11.9. The van der Waals surface area contributed by atoms with Crippen LogP contribution in [0, 0.1) is 17.8 Å². The molecule has 20 nitrogen and oxygen atoms in total. The molecule has 0 bridgehead atoms. The highest BCUT2D eigenvalue weighted by Gasteiger charge is 2.57. The standard InChI is InChI=1S/C39H66N8O12/c1-9-28-25(15-14-21(2)3)16-17-39(56,59-28)38(8,55)37(54)44-30-31(22(4)5)58-36(53)23(6)43-33(50)26-12-10-18-41-45(26)29(48)20-40-32(49)24(7)47(57)34(51)27-13-11-19-42-46(27)35(30)52/h21-28,30-31,41-42,55-57H,9-20H2,1-8H3,(H,40,49)(H,43,50)(H,44,54). The predicted octanol–water partition coefficient (Wildman–Crippen LogP) is -0.648. The molecule has 8 N–H and O–H groups in total. The van der Waals surface area contributed by atoms with Gasteiger partial charge in [0, 0.05) is 19.5 Å². The summed E-state index contributed by atoms with van der Waals surface area (Å²) in [5.74, 6) is -9.26. The van der Waals surface area contributed by atoms with Crippen molar-refractivity contribution in [3.05, 3.63) is 0 Å². The highest BCUT2D eigenvalue weighted by atomic mass is 16.6. The van der Waals surface area contributed by atoms with Crippen molar-refractivity contribution >= 4 is 41.4 Å². The van der Waals surface area contributed by atoms with Crippen molar-refractivity contribution in [1.29, 1.82) is 0 Å². The Balaban J connectivity index is 1.73. The fourth-order valence-electron chi connectivity index (χ4n) is 8.01. The number of hydrogen-bond acceptors (Lipinski definition) is 14. The monoisotopic (exact) mass is 838 g/mol. The van der Waals surface area contributed by atoms with Gasteiger partial charge < -0.3 is 35.6 Å². The Morgan fingerprint density at radius 1 is 0.949 bits per heavy atom. The van der Waals surface area contributed by atoms with Crippen molar-refractivity contribution in [2.45, 2.75) is 167 Å². The number of carbonyl (C=O) groups is 7. The number of carbonyl (C=O) groups excluding carboxylic acids is 7. The molecule has 0 saturated carbocycles. The molecule has 0 aromatic carbocycles. The fourth-order valence-corrected chi connectivity index (χ4v) is 8.01. The summed E-state index contributed by atoms with van der Waals surface area (Å²) in [4.78, 5) is 96.7. The lowest BCUT2D eigenvalue weighted by molar-refractivity contribution is -0.328. The lowest BCUT2D eigenvalue weighted by Gasteiger charge is -2.48. The van der Waals surface area contributed by atoms with Crippen LogP contribution < -0.4 is 26.8 Å². The highest BCUT2D eigenvalue weighted by molar-refractivity contribution is 5.97. The Kier molecular flexibility index (Phi) is 16.2. The van der Waals surface area contributed by atoms with Gasteiger partial charge in [0.25, 0.3) is 23.6 Å². The van der Waals surface area contributed by atoms with Crippen LogP contribution in [0.2, 0.25) is 0 Å². The van der Waals surface area contributed by atoms with E-state index in [-0.39, 0.29) is 36.8 Å². The van der Waals surface area contributed by atoms with Crippen molar-refractivity contribution < 1.29 is 58.5 Å². The van der Waals surface area contributed by atoms with E-state index < -0.39 is 108 Å². The molecule has 6 amide bonds. The lowest BCUT2D eigenvalue weighted by atomic mass is 9.79. The van der Waals surface area contributed by atoms with Crippen LogP contribution in [0.4, 0.5) is 0 Å². The van der Waals surface area contributed by atoms with Gasteiger partial charge in [-0.15, -0.1) is 0 Å². The second-order valence-corrected chi connectivity index (χ2v) is 17.2. The number of fused-ring (bicyclic) bond motifs is 2. The van der Waals surface area contributed by atoms with E-state index in [1.807, 2.05) is 6.92 Å². The van der Waals surface area contributed by atoms with Crippen molar-refractivity contribution in [2.24, 2.45) is 17.8 Å². The van der Waals surface area contributed by atoms with Crippen LogP contribution in [0.5, 0.6) is 0 Å². The van der Waals surface area contributed by atoms with Crippen molar-refractivity contribution in [2.75, 3.05) is 19.6 Å². The van der Waals surface area contributed by atoms with Gasteiger partial charge in [0.2, 0.25) is 17.6 Å². The first-order valence-electron chi connectivity index (χ1n) is 21.0. The lowest BCUT2D eigenvalue weighted by Crippen LogP contribution is -2.70. The van der Waals surface area contributed by atoms with E-state index in [1.54, 1.807) is 13.8 Å². The molecule has 0 aliphatic carbocycles. The number of nitrogens with zero attached hydrogens (tertiary/aromatic N) is 3. The van der Waals surface area contributed by atoms with E-state index in [0.29, 0.717) is 38.1 Å². The largest absolute Gasteiger partial charge is 0.458 e. The van der Waals surface area contributed by atoms with Gasteiger partial charge in [0.15, 0.2) is 5.60 Å². The summed E-state index contributed by atoms with van der Waals surface area (Å²) in [6, 6.07) is -7.26. The summed E-state index contributed by atoms with van der Waals surface area (Å²) >= 11 is 0. The molecule has 4 fully saturated rings. The normalized spacial score (nSPS) is 33.5. The highest BCUT2D eigenvalue weighted by Crippen LogP contribution is 2.41. The van der Waals surface area contributed by atoms with Gasteiger partial charge in [-0.05, 0) is 83.5 Å². The zero-order valence-electron chi connectivity index (χ0n) is 35.6. The van der Waals surface area contributed by atoms with E-state index in [1.165, 1.54) is 13.8 Å². The van der Waals surface area contributed by atoms with Gasteiger partial charge >= 0.3 is 5.97 Å². The molecule has 4 rings (SSSR count). The Morgan fingerprint density at radius 2 is 1.58 bits per heavy atom. The summed E-state index contributed by atoms with van der Waals surface area (Å²) in [6.07, 6.45) is 1.64. The van der Waals surface area contributed by atoms with Crippen molar-refractivity contribution in [3.63, 3.8) is 0 Å². The van der Waals surface area contributed by atoms with Gasteiger partial charge in [0.05, 0.1) is 12.6 Å². The maximum absolute atomic E-state index is 14.8. The van der Waals surface area contributed by atoms with Gasteiger partial charge in [0.1, 0.15) is 36.3 Å². The number of nitrogens with one attached hydrogen (secondary N) is 5. The van der Waals surface area contributed by atoms with Crippen LogP contribution in [-0.4, -0.2) is 145 Å². The molecule has 10 unspecified atom stereocenters. The van der Waals surface area contributed by atoms with Crippen LogP contribution in [0.3, 0.4) is 0 Å². The Labute approximate surface area is 345 Å². The third-order valence-electron chi connectivity index (χ3n) is 11.9. The first-order chi connectivity index (χ1) is 27.6. The van der Waals surface area contributed by atoms with E-state index in [9.17, 15) is 49.0 Å². The number of hydrogen-bond donors (Lipinski definition) is 8. The van der Waals surface area contributed by atoms with E-state index >= 15 is 0 Å². The minimum Gasteiger partial charge on any atom is -0.458 e. The molecular weight excluding hydrogens is 772 g/mol. The summed E-state index contributed by atoms with van der Waals surface area (Å²) in [5, 5.41) is 44.3. The van der Waals surface area contributed by atoms with Gasteiger partial charge in [-0.3, -0.25) is 44.0 Å². The van der Waals surface area contributed by atoms with Crippen molar-refractivity contribution in [1.82, 2.24) is 41.9 Å². The van der Waals surface area contributed by atoms with Crippen LogP contribution >= 0.6 is 0 Å². The number of aliphatic hydroxyl groups is 2. The maximum Gasteiger partial charge on any atom is 0.328 e. The average Bonchev–Trinajstić information content (AvgIpc) is 3.21. The molecule has 4 aliphatic heterocycles. The van der Waals surface area contributed by atoms with Gasteiger partial charge in [-0.2, -0.15) is 0 Å². The minimum absolute atomic E-state index is 0.00102. The second-order valence-electron chi connectivity index (χ2n) is 17.2. The van der Waals surface area contributed by atoms with Crippen LogP contribution in [-0.2, 0) is 43.0 Å². The van der Waals surface area contributed by atoms with E-state index in [4.69, 9.17) is 9.47 Å². The maximum atomic E-state index is 14.8. The number of cyclic esters (lactones) is 1. The minimum atomic E-state index is -2.66. The Hall–Kier alpha value is -3.95. The number of rotatable bonds is 8. The average molecular weight is 839 g/mol. The first kappa shape index (κ1) is 47.7. The smallest absolute Gasteiger partial charge is 0.328 e. The zero-order valence-corrected chi connectivity index (χ0v) is 35.6. The quantitative estimate of drug-likeness (QED) is 0.112. The molecule has 59 heavy (non-hydrogen) atoms. The molecule has 0 spiro atoms. The topological polar surface area (TPSA) is 269 Å². The van der Waals surface area contributed by atoms with Gasteiger partial charge in [-0.1, -0.05) is 41.0 Å². The molecule has 334 valence electrons.